The van der Waals surface area contributed by atoms with Gasteiger partial charge in [0.15, 0.2) is 17.5 Å². The second kappa shape index (κ2) is 8.12. The molecule has 7 nitrogen and oxygen atoms in total. The van der Waals surface area contributed by atoms with Crippen LogP contribution in [-0.4, -0.2) is 37.1 Å². The summed E-state index contributed by atoms with van der Waals surface area (Å²) in [6.45, 7) is 0. The van der Waals surface area contributed by atoms with Crippen molar-refractivity contribution in [1.82, 2.24) is 19.9 Å². The van der Waals surface area contributed by atoms with Gasteiger partial charge in [0.25, 0.3) is 0 Å². The first-order chi connectivity index (χ1) is 16.5. The number of nitrogens with zero attached hydrogens (tertiary/aromatic N) is 3. The van der Waals surface area contributed by atoms with Gasteiger partial charge in [-0.1, -0.05) is 0 Å². The minimum absolute atomic E-state index is 0.0336. The molecule has 7 rings (SSSR count). The van der Waals surface area contributed by atoms with Gasteiger partial charge >= 0.3 is 5.97 Å². The number of aromatic amines is 1. The fourth-order valence-corrected chi connectivity index (χ4v) is 6.23. The SMILES string of the molecule is O=C(O)[C@H]1C2CCC(CC2)[C@@H]1Nc1nc(-c2c[nH]c3ncc(F)cc23)nc(-c2ccsc2)c1F. The smallest absolute Gasteiger partial charge is 0.308 e. The van der Waals surface area contributed by atoms with Gasteiger partial charge in [-0.15, -0.1) is 0 Å². The summed E-state index contributed by atoms with van der Waals surface area (Å²) in [6, 6.07) is 2.68. The van der Waals surface area contributed by atoms with Crippen molar-refractivity contribution in [2.75, 3.05) is 5.32 Å². The first-order valence-electron chi connectivity index (χ1n) is 11.2. The number of pyridine rings is 1. The maximum absolute atomic E-state index is 15.8. The number of rotatable bonds is 5. The summed E-state index contributed by atoms with van der Waals surface area (Å²) in [6.07, 6.45) is 6.32. The highest BCUT2D eigenvalue weighted by Crippen LogP contribution is 2.46. The summed E-state index contributed by atoms with van der Waals surface area (Å²) < 4.78 is 29.7. The molecule has 0 aromatic carbocycles. The number of aliphatic carboxylic acids is 1. The molecule has 4 aromatic heterocycles. The van der Waals surface area contributed by atoms with E-state index in [2.05, 4.69) is 25.3 Å². The van der Waals surface area contributed by atoms with Gasteiger partial charge in [0.2, 0.25) is 0 Å². The number of hydrogen-bond acceptors (Lipinski definition) is 6. The fraction of sp³-hybridized carbons (Fsp3) is 0.333. The second-order valence-corrected chi connectivity index (χ2v) is 9.81. The number of carboxylic acid groups (broad SMARTS) is 1. The summed E-state index contributed by atoms with van der Waals surface area (Å²) >= 11 is 1.42. The molecule has 0 saturated heterocycles. The van der Waals surface area contributed by atoms with Crippen LogP contribution < -0.4 is 5.32 Å². The van der Waals surface area contributed by atoms with E-state index in [1.165, 1.54) is 17.4 Å². The number of carboxylic acids is 1. The molecule has 34 heavy (non-hydrogen) atoms. The van der Waals surface area contributed by atoms with Crippen LogP contribution in [0.5, 0.6) is 0 Å². The van der Waals surface area contributed by atoms with E-state index in [4.69, 9.17) is 0 Å². The Hall–Kier alpha value is -3.40. The Bertz CT molecular complexity index is 1380. The van der Waals surface area contributed by atoms with Crippen molar-refractivity contribution in [2.45, 2.75) is 31.7 Å². The Labute approximate surface area is 197 Å². The molecule has 3 saturated carbocycles. The highest BCUT2D eigenvalue weighted by Gasteiger charge is 2.47. The van der Waals surface area contributed by atoms with Crippen LogP contribution in [0.1, 0.15) is 25.7 Å². The average Bonchev–Trinajstić information content (AvgIpc) is 3.51. The number of fused-ring (bicyclic) bond motifs is 4. The maximum Gasteiger partial charge on any atom is 0.308 e. The molecule has 10 heteroatoms. The number of nitrogens with one attached hydrogen (secondary N) is 2. The van der Waals surface area contributed by atoms with Gasteiger partial charge in [0.1, 0.15) is 17.2 Å². The minimum Gasteiger partial charge on any atom is -0.481 e. The molecule has 0 aliphatic heterocycles. The van der Waals surface area contributed by atoms with E-state index < -0.39 is 29.6 Å². The summed E-state index contributed by atoms with van der Waals surface area (Å²) in [5.74, 6) is -2.21. The quantitative estimate of drug-likeness (QED) is 0.356. The molecule has 174 valence electrons. The van der Waals surface area contributed by atoms with Crippen molar-refractivity contribution < 1.29 is 18.7 Å². The number of aromatic nitrogens is 4. The van der Waals surface area contributed by atoms with Gasteiger partial charge in [0, 0.05) is 34.1 Å². The molecule has 4 aromatic rings. The third-order valence-electron chi connectivity index (χ3n) is 7.19. The van der Waals surface area contributed by atoms with Crippen molar-refractivity contribution in [3.05, 3.63) is 46.9 Å². The normalized spacial score (nSPS) is 23.9. The molecule has 3 N–H and O–H groups in total. The Morgan fingerprint density at radius 1 is 1.18 bits per heavy atom. The lowest BCUT2D eigenvalue weighted by atomic mass is 9.61. The Morgan fingerprint density at radius 3 is 2.71 bits per heavy atom. The van der Waals surface area contributed by atoms with Crippen molar-refractivity contribution in [2.24, 2.45) is 17.8 Å². The van der Waals surface area contributed by atoms with Crippen molar-refractivity contribution in [3.8, 4) is 22.6 Å². The summed E-state index contributed by atoms with van der Waals surface area (Å²) in [7, 11) is 0. The molecule has 2 bridgehead atoms. The standard InChI is InChI=1S/C24H21F2N5O2S/c25-14-7-15-16(9-28-21(15)27-8-14)22-30-20(13-5-6-34-10-13)18(26)23(31-22)29-19-12-3-1-11(2-4-12)17(19)24(32)33/h5-12,17,19H,1-4H2,(H,27,28)(H,32,33)(H,29,30,31)/t11?,12?,17-,19-/m0/s1. The largest absolute Gasteiger partial charge is 0.481 e. The molecule has 3 aliphatic carbocycles. The van der Waals surface area contributed by atoms with Gasteiger partial charge in [-0.3, -0.25) is 4.79 Å². The summed E-state index contributed by atoms with van der Waals surface area (Å²) in [4.78, 5) is 28.1. The van der Waals surface area contributed by atoms with E-state index in [0.29, 0.717) is 22.2 Å². The van der Waals surface area contributed by atoms with E-state index in [9.17, 15) is 14.3 Å². The molecular formula is C24H21F2N5O2S. The van der Waals surface area contributed by atoms with Crippen LogP contribution in [0.2, 0.25) is 0 Å². The highest BCUT2D eigenvalue weighted by molar-refractivity contribution is 7.08. The first kappa shape index (κ1) is 21.2. The highest BCUT2D eigenvalue weighted by atomic mass is 32.1. The molecular weight excluding hydrogens is 460 g/mol. The molecule has 0 unspecified atom stereocenters. The fourth-order valence-electron chi connectivity index (χ4n) is 5.59. The van der Waals surface area contributed by atoms with E-state index in [-0.39, 0.29) is 29.2 Å². The molecule has 3 fully saturated rings. The predicted molar refractivity (Wildman–Crippen MR) is 124 cm³/mol. The van der Waals surface area contributed by atoms with Gasteiger partial charge in [-0.25, -0.2) is 23.7 Å². The third-order valence-corrected chi connectivity index (χ3v) is 7.88. The molecule has 0 amide bonds. The van der Waals surface area contributed by atoms with Crippen LogP contribution in [0, 0.1) is 29.4 Å². The van der Waals surface area contributed by atoms with Crippen molar-refractivity contribution >= 4 is 34.2 Å². The lowest BCUT2D eigenvalue weighted by molar-refractivity contribution is -0.148. The Kier molecular flexibility index (Phi) is 5.05. The Morgan fingerprint density at radius 2 is 1.97 bits per heavy atom. The number of thiophene rings is 1. The van der Waals surface area contributed by atoms with Gasteiger partial charge in [-0.05, 0) is 55.0 Å². The monoisotopic (exact) mass is 481 g/mol. The molecule has 4 heterocycles. The number of carbonyl (C=O) groups is 1. The zero-order valence-electron chi connectivity index (χ0n) is 18.0. The maximum atomic E-state index is 15.8. The number of hydrogen-bond donors (Lipinski definition) is 3. The van der Waals surface area contributed by atoms with Crippen LogP contribution in [-0.2, 0) is 4.79 Å². The van der Waals surface area contributed by atoms with Crippen LogP contribution >= 0.6 is 11.3 Å². The topological polar surface area (TPSA) is 104 Å². The lowest BCUT2D eigenvalue weighted by Gasteiger charge is -2.47. The van der Waals surface area contributed by atoms with Crippen molar-refractivity contribution in [3.63, 3.8) is 0 Å². The molecule has 3 aliphatic rings. The summed E-state index contributed by atoms with van der Waals surface area (Å²) in [5, 5.41) is 17.2. The van der Waals surface area contributed by atoms with Gasteiger partial charge < -0.3 is 15.4 Å². The average molecular weight is 482 g/mol. The van der Waals surface area contributed by atoms with E-state index >= 15 is 4.39 Å². The number of halogens is 2. The van der Waals surface area contributed by atoms with Crippen LogP contribution in [0.25, 0.3) is 33.7 Å². The lowest BCUT2D eigenvalue weighted by Crippen LogP contribution is -2.51. The third kappa shape index (κ3) is 3.44. The molecule has 0 spiro atoms. The zero-order valence-corrected chi connectivity index (χ0v) is 18.8. The Balaban J connectivity index is 1.49. The minimum atomic E-state index is -0.863. The number of anilines is 1. The van der Waals surface area contributed by atoms with Gasteiger partial charge in [0.05, 0.1) is 12.1 Å². The van der Waals surface area contributed by atoms with Crippen LogP contribution in [0.3, 0.4) is 0 Å². The molecule has 0 radical (unpaired) electrons. The number of H-pyrrole nitrogens is 1. The molecule has 2 atom stereocenters. The van der Waals surface area contributed by atoms with E-state index in [1.807, 2.05) is 5.38 Å². The zero-order chi connectivity index (χ0) is 23.4. The second-order valence-electron chi connectivity index (χ2n) is 9.03. The predicted octanol–water partition coefficient (Wildman–Crippen LogP) is 5.33. The summed E-state index contributed by atoms with van der Waals surface area (Å²) in [5.41, 5.74) is 1.66. The first-order valence-corrected chi connectivity index (χ1v) is 12.2. The van der Waals surface area contributed by atoms with E-state index in [1.54, 1.807) is 17.6 Å². The van der Waals surface area contributed by atoms with Crippen LogP contribution in [0.15, 0.2) is 35.3 Å². The van der Waals surface area contributed by atoms with Gasteiger partial charge in [-0.2, -0.15) is 11.3 Å². The van der Waals surface area contributed by atoms with Crippen molar-refractivity contribution in [1.29, 1.82) is 0 Å². The van der Waals surface area contributed by atoms with E-state index in [0.717, 1.165) is 31.9 Å². The van der Waals surface area contributed by atoms with Crippen LogP contribution in [0.4, 0.5) is 14.6 Å².